The van der Waals surface area contributed by atoms with Gasteiger partial charge in [0, 0.05) is 17.2 Å². The molecule has 0 aliphatic carbocycles. The Labute approximate surface area is 130 Å². The molecule has 2 aromatic rings. The van der Waals surface area contributed by atoms with E-state index in [1.165, 1.54) is 18.3 Å². The van der Waals surface area contributed by atoms with Crippen molar-refractivity contribution in [2.75, 3.05) is 4.72 Å². The lowest BCUT2D eigenvalue weighted by Crippen LogP contribution is -2.17. The van der Waals surface area contributed by atoms with Crippen LogP contribution in [-0.4, -0.2) is 13.4 Å². The highest BCUT2D eigenvalue weighted by Gasteiger charge is 2.21. The van der Waals surface area contributed by atoms with Crippen molar-refractivity contribution < 1.29 is 12.8 Å². The molecular formula is C13H13BrFN3O2S. The smallest absolute Gasteiger partial charge is 0.265 e. The molecule has 0 aliphatic rings. The molecule has 0 saturated heterocycles. The standard InChI is InChI=1S/C13H13BrFN3O2S/c1-8-4-10(14)7-17-13(8)18-21(19,20)12-5-9(6-16)2-3-11(12)15/h2-5,7H,6,16H2,1H3,(H,17,18). The monoisotopic (exact) mass is 373 g/mol. The summed E-state index contributed by atoms with van der Waals surface area (Å²) in [4.78, 5) is 3.53. The molecule has 1 heterocycles. The highest BCUT2D eigenvalue weighted by atomic mass is 79.9. The molecule has 3 N–H and O–H groups in total. The van der Waals surface area contributed by atoms with Gasteiger partial charge in [-0.2, -0.15) is 0 Å². The van der Waals surface area contributed by atoms with Crippen LogP contribution in [0, 0.1) is 12.7 Å². The van der Waals surface area contributed by atoms with Gasteiger partial charge in [-0.3, -0.25) is 4.72 Å². The quantitative estimate of drug-likeness (QED) is 0.862. The van der Waals surface area contributed by atoms with Gasteiger partial charge in [-0.05, 0) is 52.2 Å². The molecule has 2 rings (SSSR count). The van der Waals surface area contributed by atoms with Crippen molar-refractivity contribution in [2.24, 2.45) is 5.73 Å². The first-order valence-electron chi connectivity index (χ1n) is 5.97. The third-order valence-corrected chi connectivity index (χ3v) is 4.58. The second-order valence-corrected chi connectivity index (χ2v) is 6.96. The number of sulfonamides is 1. The van der Waals surface area contributed by atoms with Gasteiger partial charge in [0.25, 0.3) is 10.0 Å². The predicted octanol–water partition coefficient (Wildman–Crippen LogP) is 2.55. The van der Waals surface area contributed by atoms with E-state index in [-0.39, 0.29) is 12.4 Å². The minimum absolute atomic E-state index is 0.123. The molecule has 0 saturated carbocycles. The zero-order valence-electron chi connectivity index (χ0n) is 11.1. The van der Waals surface area contributed by atoms with Gasteiger partial charge < -0.3 is 5.73 Å². The number of hydrogen-bond donors (Lipinski definition) is 2. The first-order valence-corrected chi connectivity index (χ1v) is 8.24. The van der Waals surface area contributed by atoms with E-state index in [1.54, 1.807) is 13.0 Å². The molecule has 0 unspecified atom stereocenters. The number of rotatable bonds is 4. The number of hydrogen-bond acceptors (Lipinski definition) is 4. The second kappa shape index (κ2) is 6.08. The Morgan fingerprint density at radius 2 is 2.10 bits per heavy atom. The van der Waals surface area contributed by atoms with Gasteiger partial charge in [0.2, 0.25) is 0 Å². The van der Waals surface area contributed by atoms with Crippen LogP contribution >= 0.6 is 15.9 Å². The first-order chi connectivity index (χ1) is 9.83. The summed E-state index contributed by atoms with van der Waals surface area (Å²) in [6.45, 7) is 1.82. The lowest BCUT2D eigenvalue weighted by molar-refractivity contribution is 0.569. The molecule has 0 bridgehead atoms. The molecule has 8 heteroatoms. The number of anilines is 1. The summed E-state index contributed by atoms with van der Waals surface area (Å²) in [5.74, 6) is -0.690. The molecule has 21 heavy (non-hydrogen) atoms. The lowest BCUT2D eigenvalue weighted by atomic mass is 10.2. The number of nitrogens with two attached hydrogens (primary N) is 1. The van der Waals surface area contributed by atoms with Gasteiger partial charge in [0.1, 0.15) is 16.5 Å². The van der Waals surface area contributed by atoms with Crippen molar-refractivity contribution in [2.45, 2.75) is 18.4 Å². The number of pyridine rings is 1. The Kier molecular flexibility index (Phi) is 4.60. The van der Waals surface area contributed by atoms with Gasteiger partial charge in [-0.15, -0.1) is 0 Å². The van der Waals surface area contributed by atoms with Gasteiger partial charge in [0.05, 0.1) is 0 Å². The first kappa shape index (κ1) is 15.9. The maximum Gasteiger partial charge on any atom is 0.265 e. The maximum atomic E-state index is 13.8. The Balaban J connectivity index is 2.43. The normalized spacial score (nSPS) is 11.4. The number of nitrogens with one attached hydrogen (secondary N) is 1. The van der Waals surface area contributed by atoms with Crippen molar-refractivity contribution in [3.05, 3.63) is 51.9 Å². The van der Waals surface area contributed by atoms with Crippen LogP contribution in [-0.2, 0) is 16.6 Å². The zero-order valence-corrected chi connectivity index (χ0v) is 13.5. The van der Waals surface area contributed by atoms with Crippen LogP contribution in [0.4, 0.5) is 10.2 Å². The van der Waals surface area contributed by atoms with Crippen LogP contribution in [0.5, 0.6) is 0 Å². The van der Waals surface area contributed by atoms with E-state index in [2.05, 4.69) is 25.6 Å². The molecule has 0 atom stereocenters. The van der Waals surface area contributed by atoms with Crippen LogP contribution in [0.25, 0.3) is 0 Å². The number of nitrogens with zero attached hydrogens (tertiary/aromatic N) is 1. The highest BCUT2D eigenvalue weighted by Crippen LogP contribution is 2.22. The fraction of sp³-hybridized carbons (Fsp3) is 0.154. The molecule has 1 aromatic heterocycles. The molecule has 0 aliphatic heterocycles. The molecular weight excluding hydrogens is 361 g/mol. The van der Waals surface area contributed by atoms with E-state index < -0.39 is 20.7 Å². The van der Waals surface area contributed by atoms with E-state index in [0.29, 0.717) is 11.1 Å². The molecule has 0 fully saturated rings. The zero-order chi connectivity index (χ0) is 15.6. The third kappa shape index (κ3) is 3.58. The number of aromatic nitrogens is 1. The molecule has 0 spiro atoms. The Bertz CT molecular complexity index is 781. The third-order valence-electron chi connectivity index (χ3n) is 2.80. The van der Waals surface area contributed by atoms with Crippen molar-refractivity contribution in [3.63, 3.8) is 0 Å². The molecule has 0 amide bonds. The van der Waals surface area contributed by atoms with Crippen LogP contribution in [0.15, 0.2) is 39.8 Å². The number of halogens is 2. The second-order valence-electron chi connectivity index (χ2n) is 4.39. The van der Waals surface area contributed by atoms with Gasteiger partial charge >= 0.3 is 0 Å². The van der Waals surface area contributed by atoms with Crippen molar-refractivity contribution in [3.8, 4) is 0 Å². The summed E-state index contributed by atoms with van der Waals surface area (Å²) in [7, 11) is -4.07. The summed E-state index contributed by atoms with van der Waals surface area (Å²) in [6.07, 6.45) is 1.46. The molecule has 1 aromatic carbocycles. The van der Waals surface area contributed by atoms with E-state index >= 15 is 0 Å². The van der Waals surface area contributed by atoms with Crippen LogP contribution in [0.3, 0.4) is 0 Å². The largest absolute Gasteiger partial charge is 0.326 e. The van der Waals surface area contributed by atoms with E-state index in [9.17, 15) is 12.8 Å². The average molecular weight is 374 g/mol. The van der Waals surface area contributed by atoms with Crippen LogP contribution in [0.2, 0.25) is 0 Å². The molecule has 5 nitrogen and oxygen atoms in total. The minimum Gasteiger partial charge on any atom is -0.326 e. The highest BCUT2D eigenvalue weighted by molar-refractivity contribution is 9.10. The van der Waals surface area contributed by atoms with E-state index in [4.69, 9.17) is 5.73 Å². The molecule has 0 radical (unpaired) electrons. The fourth-order valence-electron chi connectivity index (χ4n) is 1.71. The minimum atomic E-state index is -4.07. The summed E-state index contributed by atoms with van der Waals surface area (Å²) in [5.41, 5.74) is 6.59. The maximum absolute atomic E-state index is 13.8. The van der Waals surface area contributed by atoms with Crippen LogP contribution < -0.4 is 10.5 Å². The lowest BCUT2D eigenvalue weighted by Gasteiger charge is -2.11. The van der Waals surface area contributed by atoms with Gasteiger partial charge in [-0.25, -0.2) is 17.8 Å². The fourth-order valence-corrected chi connectivity index (χ4v) is 3.37. The van der Waals surface area contributed by atoms with Crippen LogP contribution in [0.1, 0.15) is 11.1 Å². The topological polar surface area (TPSA) is 85.1 Å². The van der Waals surface area contributed by atoms with E-state index in [1.807, 2.05) is 0 Å². The van der Waals surface area contributed by atoms with Crippen molar-refractivity contribution in [1.29, 1.82) is 0 Å². The predicted molar refractivity (Wildman–Crippen MR) is 81.8 cm³/mol. The summed E-state index contributed by atoms with van der Waals surface area (Å²) in [5, 5.41) is 0. The van der Waals surface area contributed by atoms with Gasteiger partial charge in [-0.1, -0.05) is 6.07 Å². The SMILES string of the molecule is Cc1cc(Br)cnc1NS(=O)(=O)c1cc(CN)ccc1F. The Hall–Kier alpha value is -1.51. The Morgan fingerprint density at radius 1 is 1.38 bits per heavy atom. The number of benzene rings is 1. The Morgan fingerprint density at radius 3 is 2.71 bits per heavy atom. The summed E-state index contributed by atoms with van der Waals surface area (Å²) in [6, 6.07) is 5.44. The summed E-state index contributed by atoms with van der Waals surface area (Å²) < 4.78 is 41.4. The van der Waals surface area contributed by atoms with Crippen molar-refractivity contribution in [1.82, 2.24) is 4.98 Å². The summed E-state index contributed by atoms with van der Waals surface area (Å²) >= 11 is 3.24. The molecule has 112 valence electrons. The van der Waals surface area contributed by atoms with E-state index in [0.717, 1.165) is 10.5 Å². The van der Waals surface area contributed by atoms with Crippen molar-refractivity contribution >= 4 is 31.8 Å². The number of aryl methyl sites for hydroxylation is 1. The average Bonchev–Trinajstić information content (AvgIpc) is 2.42. The van der Waals surface area contributed by atoms with Gasteiger partial charge in [0.15, 0.2) is 0 Å².